The second-order valence-electron chi connectivity index (χ2n) is 9.91. The predicted octanol–water partition coefficient (Wildman–Crippen LogP) is 4.41. The van der Waals surface area contributed by atoms with Crippen LogP contribution in [0.15, 0.2) is 60.7 Å². The second-order valence-corrected chi connectivity index (χ2v) is 11.7. The van der Waals surface area contributed by atoms with Gasteiger partial charge in [-0.3, -0.25) is 9.59 Å². The third-order valence-corrected chi connectivity index (χ3v) is 7.94. The number of hydrogen-bond acceptors (Lipinski definition) is 6. The quantitative estimate of drug-likeness (QED) is 0.335. The van der Waals surface area contributed by atoms with Gasteiger partial charge in [0.05, 0.1) is 14.2 Å². The summed E-state index contributed by atoms with van der Waals surface area (Å²) in [5.41, 5.74) is 1.42. The molecule has 0 unspecified atom stereocenters. The maximum Gasteiger partial charge on any atom is 0.324 e. The minimum absolute atomic E-state index is 0.00668. The van der Waals surface area contributed by atoms with Gasteiger partial charge in [-0.1, -0.05) is 88.4 Å². The van der Waals surface area contributed by atoms with Crippen LogP contribution < -0.4 is 0 Å². The maximum absolute atomic E-state index is 14.6. The topological polar surface area (TPSA) is 93.2 Å². The molecule has 0 spiro atoms. The summed E-state index contributed by atoms with van der Waals surface area (Å²) in [5, 5.41) is 0. The highest BCUT2D eigenvalue weighted by Gasteiger charge is 2.44. The lowest BCUT2D eigenvalue weighted by atomic mass is 10.0. The van der Waals surface area contributed by atoms with Gasteiger partial charge in [0.2, 0.25) is 0 Å². The van der Waals surface area contributed by atoms with E-state index in [1.807, 2.05) is 64.1 Å². The Hall–Kier alpha value is -2.75. The first-order valence-corrected chi connectivity index (χ1v) is 13.9. The number of nitrogens with zero attached hydrogens (tertiary/aromatic N) is 2. The Kier molecular flexibility index (Phi) is 11.7. The monoisotopic (exact) mass is 532 g/mol. The standard InChI is InChI=1S/C28H40N2O6S/c1-21(2)17-25(27(31)35-5)29(19-23-13-9-7-10-14-23)37(33,34)30(20-24-15-11-8-12-16-24)26(18-22(3)4)28(32)36-6/h7-16,21-22,25-26H,17-20H2,1-6H3/t25-,26+. The van der Waals surface area contributed by atoms with Crippen LogP contribution in [0.5, 0.6) is 0 Å². The number of hydrogen-bond donors (Lipinski definition) is 0. The van der Waals surface area contributed by atoms with E-state index in [2.05, 4.69) is 0 Å². The molecule has 0 aliphatic heterocycles. The minimum atomic E-state index is -4.39. The van der Waals surface area contributed by atoms with Gasteiger partial charge in [-0.15, -0.1) is 0 Å². The number of benzene rings is 2. The lowest BCUT2D eigenvalue weighted by Gasteiger charge is -2.37. The fraction of sp³-hybridized carbons (Fsp3) is 0.500. The van der Waals surface area contributed by atoms with Crippen molar-refractivity contribution in [2.75, 3.05) is 14.2 Å². The van der Waals surface area contributed by atoms with Crippen LogP contribution in [0, 0.1) is 11.8 Å². The van der Waals surface area contributed by atoms with E-state index >= 15 is 0 Å². The largest absolute Gasteiger partial charge is 0.468 e. The Labute approximate surface area is 221 Å². The summed E-state index contributed by atoms with van der Waals surface area (Å²) in [6, 6.07) is 16.0. The molecule has 8 nitrogen and oxygen atoms in total. The number of carbonyl (C=O) groups is 2. The van der Waals surface area contributed by atoms with E-state index in [0.29, 0.717) is 11.1 Å². The molecular formula is C28H40N2O6S. The van der Waals surface area contributed by atoms with Crippen LogP contribution in [0.2, 0.25) is 0 Å². The van der Waals surface area contributed by atoms with E-state index < -0.39 is 34.2 Å². The predicted molar refractivity (Wildman–Crippen MR) is 143 cm³/mol. The highest BCUT2D eigenvalue weighted by molar-refractivity contribution is 7.86. The highest BCUT2D eigenvalue weighted by Crippen LogP contribution is 2.28. The van der Waals surface area contributed by atoms with E-state index in [-0.39, 0.29) is 37.8 Å². The van der Waals surface area contributed by atoms with Crippen molar-refractivity contribution >= 4 is 22.1 Å². The zero-order chi connectivity index (χ0) is 27.6. The van der Waals surface area contributed by atoms with Gasteiger partial charge < -0.3 is 9.47 Å². The molecule has 0 aliphatic rings. The summed E-state index contributed by atoms with van der Waals surface area (Å²) in [6.45, 7) is 7.55. The average Bonchev–Trinajstić information content (AvgIpc) is 2.87. The Bertz CT molecular complexity index is 1010. The van der Waals surface area contributed by atoms with Crippen molar-refractivity contribution in [1.29, 1.82) is 0 Å². The summed E-state index contributed by atoms with van der Waals surface area (Å²) in [5.74, 6) is -1.28. The van der Waals surface area contributed by atoms with Crippen LogP contribution in [0.25, 0.3) is 0 Å². The molecule has 9 heteroatoms. The van der Waals surface area contributed by atoms with Crippen LogP contribution in [-0.4, -0.2) is 55.3 Å². The summed E-state index contributed by atoms with van der Waals surface area (Å²) >= 11 is 0. The molecule has 0 aromatic heterocycles. The fourth-order valence-electron chi connectivity index (χ4n) is 4.19. The molecule has 0 amide bonds. The first kappa shape index (κ1) is 30.5. The second kappa shape index (κ2) is 14.3. The highest BCUT2D eigenvalue weighted by atomic mass is 32.2. The molecule has 0 heterocycles. The summed E-state index contributed by atoms with van der Waals surface area (Å²) in [6.07, 6.45) is 0.510. The number of rotatable bonds is 14. The van der Waals surface area contributed by atoms with Crippen molar-refractivity contribution in [3.63, 3.8) is 0 Å². The van der Waals surface area contributed by atoms with E-state index in [9.17, 15) is 18.0 Å². The Balaban J connectivity index is 2.72. The lowest BCUT2D eigenvalue weighted by molar-refractivity contribution is -0.146. The van der Waals surface area contributed by atoms with Crippen LogP contribution in [-0.2, 0) is 42.4 Å². The average molecular weight is 533 g/mol. The van der Waals surface area contributed by atoms with Crippen LogP contribution in [0.3, 0.4) is 0 Å². The lowest BCUT2D eigenvalue weighted by Crippen LogP contribution is -2.55. The van der Waals surface area contributed by atoms with Gasteiger partial charge >= 0.3 is 11.9 Å². The molecule has 0 radical (unpaired) electrons. The van der Waals surface area contributed by atoms with Crippen molar-refractivity contribution in [1.82, 2.24) is 8.61 Å². The normalized spacial score (nSPS) is 13.7. The first-order valence-electron chi connectivity index (χ1n) is 12.5. The van der Waals surface area contributed by atoms with Crippen LogP contribution >= 0.6 is 0 Å². The number of methoxy groups -OCH3 is 2. The van der Waals surface area contributed by atoms with Crippen molar-refractivity contribution < 1.29 is 27.5 Å². The zero-order valence-corrected chi connectivity index (χ0v) is 23.5. The number of ether oxygens (including phenoxy) is 2. The molecule has 2 aromatic carbocycles. The van der Waals surface area contributed by atoms with Gasteiger partial charge in [-0.25, -0.2) is 0 Å². The Morgan fingerprint density at radius 1 is 0.676 bits per heavy atom. The smallest absolute Gasteiger partial charge is 0.324 e. The molecular weight excluding hydrogens is 492 g/mol. The summed E-state index contributed by atoms with van der Waals surface area (Å²) in [4.78, 5) is 26.0. The van der Waals surface area contributed by atoms with Crippen molar-refractivity contribution in [2.24, 2.45) is 11.8 Å². The zero-order valence-electron chi connectivity index (χ0n) is 22.7. The van der Waals surface area contributed by atoms with E-state index in [1.54, 1.807) is 24.3 Å². The number of carbonyl (C=O) groups excluding carboxylic acids is 2. The van der Waals surface area contributed by atoms with Gasteiger partial charge in [-0.05, 0) is 35.8 Å². The first-order chi connectivity index (χ1) is 17.5. The van der Waals surface area contributed by atoms with Crippen LogP contribution in [0.4, 0.5) is 0 Å². The van der Waals surface area contributed by atoms with Gasteiger partial charge in [0.15, 0.2) is 0 Å². The fourth-order valence-corrected chi connectivity index (χ4v) is 6.08. The SMILES string of the molecule is COC(=O)[C@@H](CC(C)C)N(Cc1ccccc1)S(=O)(=O)N(Cc1ccccc1)[C@@H](CC(C)C)C(=O)OC. The molecule has 0 bridgehead atoms. The molecule has 2 atom stereocenters. The van der Waals surface area contributed by atoms with Gasteiger partial charge in [0, 0.05) is 13.1 Å². The number of esters is 2. The molecule has 204 valence electrons. The van der Waals surface area contributed by atoms with Crippen molar-refractivity contribution in [3.8, 4) is 0 Å². The molecule has 2 rings (SSSR count). The third kappa shape index (κ3) is 8.66. The molecule has 0 N–H and O–H groups in total. The minimum Gasteiger partial charge on any atom is -0.468 e. The summed E-state index contributed by atoms with van der Waals surface area (Å²) in [7, 11) is -1.89. The molecule has 0 fully saturated rings. The molecule has 37 heavy (non-hydrogen) atoms. The Morgan fingerprint density at radius 2 is 1.00 bits per heavy atom. The molecule has 0 aliphatic carbocycles. The van der Waals surface area contributed by atoms with Gasteiger partial charge in [0.25, 0.3) is 10.2 Å². The third-order valence-electron chi connectivity index (χ3n) is 5.99. The van der Waals surface area contributed by atoms with Crippen LogP contribution in [0.1, 0.15) is 51.7 Å². The molecule has 2 aromatic rings. The van der Waals surface area contributed by atoms with Crippen molar-refractivity contribution in [2.45, 2.75) is 65.7 Å². The van der Waals surface area contributed by atoms with E-state index in [4.69, 9.17) is 9.47 Å². The van der Waals surface area contributed by atoms with Gasteiger partial charge in [-0.2, -0.15) is 17.0 Å². The molecule has 0 saturated carbocycles. The Morgan fingerprint density at radius 3 is 1.27 bits per heavy atom. The molecule has 0 saturated heterocycles. The van der Waals surface area contributed by atoms with Gasteiger partial charge in [0.1, 0.15) is 12.1 Å². The summed E-state index contributed by atoms with van der Waals surface area (Å²) < 4.78 is 41.6. The van der Waals surface area contributed by atoms with E-state index in [0.717, 1.165) is 0 Å². The van der Waals surface area contributed by atoms with E-state index in [1.165, 1.54) is 22.8 Å². The maximum atomic E-state index is 14.6. The van der Waals surface area contributed by atoms with Crippen molar-refractivity contribution in [3.05, 3.63) is 71.8 Å².